The minimum atomic E-state index is -1.56. The average molecular weight is 417 g/mol. The fraction of sp³-hybridized carbons (Fsp3) is 0.200. The molecule has 0 saturated heterocycles. The van der Waals surface area contributed by atoms with Gasteiger partial charge in [-0.3, -0.25) is 0 Å². The topological polar surface area (TPSA) is 95.9 Å². The first-order valence-electron chi connectivity index (χ1n) is 10.0. The van der Waals surface area contributed by atoms with E-state index < -0.39 is 17.6 Å². The molecule has 4 rings (SSSR count). The molecule has 1 amide bonds. The van der Waals surface area contributed by atoms with E-state index in [1.165, 1.54) is 19.1 Å². The molecule has 3 aromatic carbocycles. The van der Waals surface area contributed by atoms with E-state index in [9.17, 15) is 19.8 Å². The van der Waals surface area contributed by atoms with Crippen molar-refractivity contribution in [3.05, 3.63) is 89.5 Å². The molecule has 0 aromatic heterocycles. The van der Waals surface area contributed by atoms with Crippen LogP contribution in [0, 0.1) is 0 Å². The summed E-state index contributed by atoms with van der Waals surface area (Å²) in [5.41, 5.74) is 3.52. The third-order valence-corrected chi connectivity index (χ3v) is 5.69. The smallest absolute Gasteiger partial charge is 0.408 e. The summed E-state index contributed by atoms with van der Waals surface area (Å²) in [6.45, 7) is 1.54. The summed E-state index contributed by atoms with van der Waals surface area (Å²) >= 11 is 0. The van der Waals surface area contributed by atoms with Gasteiger partial charge in [0.1, 0.15) is 17.9 Å². The molecule has 0 fully saturated rings. The van der Waals surface area contributed by atoms with E-state index in [0.717, 1.165) is 22.3 Å². The number of phenolic OH excluding ortho intramolecular Hbond substituents is 1. The van der Waals surface area contributed by atoms with Crippen LogP contribution < -0.4 is 5.32 Å². The first kappa shape index (κ1) is 20.5. The first-order valence-corrected chi connectivity index (χ1v) is 10.0. The van der Waals surface area contributed by atoms with E-state index in [-0.39, 0.29) is 24.7 Å². The normalized spacial score (nSPS) is 14.2. The molecule has 158 valence electrons. The molecule has 3 N–H and O–H groups in total. The van der Waals surface area contributed by atoms with Gasteiger partial charge >= 0.3 is 12.1 Å². The van der Waals surface area contributed by atoms with Crippen molar-refractivity contribution >= 4 is 12.1 Å². The predicted octanol–water partition coefficient (Wildman–Crippen LogP) is 4.32. The number of benzene rings is 3. The van der Waals surface area contributed by atoms with Gasteiger partial charge in [-0.05, 0) is 46.9 Å². The van der Waals surface area contributed by atoms with Crippen LogP contribution >= 0.6 is 0 Å². The molecule has 0 spiro atoms. The van der Waals surface area contributed by atoms with Crippen molar-refractivity contribution in [3.63, 3.8) is 0 Å². The third kappa shape index (κ3) is 4.10. The Balaban J connectivity index is 1.47. The van der Waals surface area contributed by atoms with Gasteiger partial charge in [-0.25, -0.2) is 9.59 Å². The number of carboxylic acid groups (broad SMARTS) is 1. The number of ether oxygens (including phenoxy) is 1. The number of hydrogen-bond donors (Lipinski definition) is 3. The molecule has 1 aliphatic carbocycles. The van der Waals surface area contributed by atoms with E-state index >= 15 is 0 Å². The summed E-state index contributed by atoms with van der Waals surface area (Å²) in [7, 11) is 0. The number of aromatic hydroxyl groups is 1. The number of rotatable bonds is 6. The number of aliphatic carboxylic acids is 1. The van der Waals surface area contributed by atoms with E-state index in [2.05, 4.69) is 5.32 Å². The van der Waals surface area contributed by atoms with Crippen LogP contribution in [-0.2, 0) is 16.0 Å². The first-order chi connectivity index (χ1) is 14.9. The SMILES string of the molecule is C[C@](Cc1ccc(O)cc1)(NC(=O)OCC1c2ccccc2-c2ccccc21)C(=O)O. The van der Waals surface area contributed by atoms with E-state index in [4.69, 9.17) is 4.74 Å². The number of alkyl carbamates (subject to hydrolysis) is 1. The lowest BCUT2D eigenvalue weighted by atomic mass is 9.93. The molecular weight excluding hydrogens is 394 g/mol. The number of carbonyl (C=O) groups is 2. The predicted molar refractivity (Wildman–Crippen MR) is 116 cm³/mol. The molecule has 0 aliphatic heterocycles. The lowest BCUT2D eigenvalue weighted by Crippen LogP contribution is -2.54. The number of phenols is 1. The molecule has 0 saturated carbocycles. The standard InChI is InChI=1S/C25H23NO5/c1-25(23(28)29,14-16-10-12-17(27)13-11-16)26-24(30)31-15-22-20-8-4-2-6-18(20)19-7-3-5-9-21(19)22/h2-13,22,27H,14-15H2,1H3,(H,26,30)(H,28,29)/t25-/m1/s1. The Kier molecular flexibility index (Phi) is 5.38. The largest absolute Gasteiger partial charge is 0.508 e. The maximum Gasteiger partial charge on any atom is 0.408 e. The van der Waals surface area contributed by atoms with Crippen LogP contribution in [0.5, 0.6) is 5.75 Å². The Morgan fingerprint density at radius 1 is 0.935 bits per heavy atom. The van der Waals surface area contributed by atoms with Crippen LogP contribution in [0.4, 0.5) is 4.79 Å². The minimum absolute atomic E-state index is 0.0484. The van der Waals surface area contributed by atoms with Crippen molar-refractivity contribution in [1.82, 2.24) is 5.32 Å². The van der Waals surface area contributed by atoms with Crippen LogP contribution in [-0.4, -0.2) is 34.4 Å². The van der Waals surface area contributed by atoms with Crippen molar-refractivity contribution in [2.24, 2.45) is 0 Å². The van der Waals surface area contributed by atoms with Crippen molar-refractivity contribution in [2.45, 2.75) is 24.8 Å². The Morgan fingerprint density at radius 2 is 1.48 bits per heavy atom. The van der Waals surface area contributed by atoms with Crippen LogP contribution in [0.15, 0.2) is 72.8 Å². The quantitative estimate of drug-likeness (QED) is 0.555. The molecule has 1 atom stereocenters. The molecule has 6 nitrogen and oxygen atoms in total. The summed E-state index contributed by atoms with van der Waals surface area (Å²) in [6.07, 6.45) is -0.738. The van der Waals surface area contributed by atoms with E-state index in [1.54, 1.807) is 12.1 Å². The highest BCUT2D eigenvalue weighted by molar-refractivity contribution is 5.84. The van der Waals surface area contributed by atoms with Crippen LogP contribution in [0.1, 0.15) is 29.5 Å². The van der Waals surface area contributed by atoms with Gasteiger partial charge in [0, 0.05) is 12.3 Å². The van der Waals surface area contributed by atoms with Gasteiger partial charge in [-0.1, -0.05) is 60.7 Å². The fourth-order valence-corrected chi connectivity index (χ4v) is 4.06. The van der Waals surface area contributed by atoms with E-state index in [1.807, 2.05) is 48.5 Å². The fourth-order valence-electron chi connectivity index (χ4n) is 4.06. The Hall–Kier alpha value is -3.80. The number of hydrogen-bond acceptors (Lipinski definition) is 4. The highest BCUT2D eigenvalue weighted by Gasteiger charge is 2.36. The molecule has 6 heteroatoms. The van der Waals surface area contributed by atoms with Gasteiger partial charge in [0.15, 0.2) is 0 Å². The molecule has 0 unspecified atom stereocenters. The van der Waals surface area contributed by atoms with Gasteiger partial charge in [-0.15, -0.1) is 0 Å². The average Bonchev–Trinajstić information content (AvgIpc) is 3.08. The maximum absolute atomic E-state index is 12.6. The lowest BCUT2D eigenvalue weighted by molar-refractivity contribution is -0.143. The van der Waals surface area contributed by atoms with Crippen molar-refractivity contribution < 1.29 is 24.5 Å². The number of amides is 1. The lowest BCUT2D eigenvalue weighted by Gasteiger charge is -2.26. The summed E-state index contributed by atoms with van der Waals surface area (Å²) in [4.78, 5) is 24.4. The van der Waals surface area contributed by atoms with Crippen molar-refractivity contribution in [1.29, 1.82) is 0 Å². The summed E-state index contributed by atoms with van der Waals surface area (Å²) < 4.78 is 5.49. The number of carboxylic acids is 1. The van der Waals surface area contributed by atoms with Gasteiger partial charge in [0.25, 0.3) is 0 Å². The molecule has 1 aliphatic rings. The molecule has 0 heterocycles. The summed E-state index contributed by atoms with van der Waals surface area (Å²) in [5, 5.41) is 21.6. The second-order valence-electron chi connectivity index (χ2n) is 7.93. The van der Waals surface area contributed by atoms with E-state index in [0.29, 0.717) is 5.56 Å². The Morgan fingerprint density at radius 3 is 2.03 bits per heavy atom. The Bertz CT molecular complexity index is 1080. The van der Waals surface area contributed by atoms with Crippen LogP contribution in [0.3, 0.4) is 0 Å². The van der Waals surface area contributed by atoms with Crippen LogP contribution in [0.25, 0.3) is 11.1 Å². The summed E-state index contributed by atoms with van der Waals surface area (Å²) in [6, 6.07) is 22.2. The zero-order valence-corrected chi connectivity index (χ0v) is 17.0. The molecule has 0 bridgehead atoms. The number of carbonyl (C=O) groups excluding carboxylic acids is 1. The van der Waals surface area contributed by atoms with Crippen LogP contribution in [0.2, 0.25) is 0 Å². The van der Waals surface area contributed by atoms with Crippen molar-refractivity contribution in [2.75, 3.05) is 6.61 Å². The van der Waals surface area contributed by atoms with Crippen molar-refractivity contribution in [3.8, 4) is 16.9 Å². The minimum Gasteiger partial charge on any atom is -0.508 e. The molecule has 3 aromatic rings. The monoisotopic (exact) mass is 417 g/mol. The molecule has 31 heavy (non-hydrogen) atoms. The summed E-state index contributed by atoms with van der Waals surface area (Å²) in [5.74, 6) is -1.19. The highest BCUT2D eigenvalue weighted by atomic mass is 16.5. The number of fused-ring (bicyclic) bond motifs is 3. The Labute approximate surface area is 180 Å². The molecule has 0 radical (unpaired) electrons. The zero-order valence-electron chi connectivity index (χ0n) is 17.0. The molecular formula is C25H23NO5. The van der Waals surface area contributed by atoms with Gasteiger partial charge in [0.2, 0.25) is 0 Å². The maximum atomic E-state index is 12.6. The highest BCUT2D eigenvalue weighted by Crippen LogP contribution is 2.44. The third-order valence-electron chi connectivity index (χ3n) is 5.69. The second-order valence-corrected chi connectivity index (χ2v) is 7.93. The van der Waals surface area contributed by atoms with Gasteiger partial charge in [-0.2, -0.15) is 0 Å². The van der Waals surface area contributed by atoms with Gasteiger partial charge in [0.05, 0.1) is 0 Å². The second kappa shape index (κ2) is 8.14. The zero-order chi connectivity index (χ0) is 22.0. The number of nitrogens with one attached hydrogen (secondary N) is 1. The van der Waals surface area contributed by atoms with Gasteiger partial charge < -0.3 is 20.3 Å².